The van der Waals surface area contributed by atoms with Crippen LogP contribution < -0.4 is 15.5 Å². The molecule has 0 saturated carbocycles. The van der Waals surface area contributed by atoms with Crippen LogP contribution >= 0.6 is 0 Å². The number of carbonyl (C=O) groups excluding carboxylic acids is 2. The minimum absolute atomic E-state index is 0.0816. The highest BCUT2D eigenvalue weighted by atomic mass is 16.6. The second-order valence-electron chi connectivity index (χ2n) is 6.88. The van der Waals surface area contributed by atoms with Crippen LogP contribution in [-0.2, 0) is 14.3 Å². The van der Waals surface area contributed by atoms with Crippen LogP contribution in [0.5, 0.6) is 5.75 Å². The van der Waals surface area contributed by atoms with Crippen LogP contribution in [0.25, 0.3) is 0 Å². The van der Waals surface area contributed by atoms with Gasteiger partial charge in [-0.25, -0.2) is 10.3 Å². The van der Waals surface area contributed by atoms with Crippen LogP contribution in [-0.4, -0.2) is 48.2 Å². The minimum atomic E-state index is -0.830. The number of aliphatic hydroxyl groups excluding tert-OH is 1. The SMILES string of the molecule is CCO[C@H](CC/C=C/C(=O)NO)[C@H](OC(=O)Nc1ccccc1)c1ccccc1OCCO. The number of aliphatic hydroxyl groups is 1. The maximum Gasteiger partial charge on any atom is 0.412 e. The highest BCUT2D eigenvalue weighted by Gasteiger charge is 2.30. The van der Waals surface area contributed by atoms with Crippen LogP contribution in [0.3, 0.4) is 0 Å². The summed E-state index contributed by atoms with van der Waals surface area (Å²) in [5.74, 6) is -0.176. The fourth-order valence-corrected chi connectivity index (χ4v) is 3.15. The summed E-state index contributed by atoms with van der Waals surface area (Å²) in [4.78, 5) is 23.9. The van der Waals surface area contributed by atoms with Gasteiger partial charge in [0.05, 0.1) is 12.7 Å². The van der Waals surface area contributed by atoms with Gasteiger partial charge in [-0.15, -0.1) is 0 Å². The Morgan fingerprint density at radius 1 is 1.09 bits per heavy atom. The Morgan fingerprint density at radius 2 is 1.82 bits per heavy atom. The monoisotopic (exact) mass is 458 g/mol. The molecule has 0 unspecified atom stereocenters. The van der Waals surface area contributed by atoms with E-state index in [0.29, 0.717) is 36.4 Å². The van der Waals surface area contributed by atoms with Crippen LogP contribution in [0, 0.1) is 0 Å². The average Bonchev–Trinajstić information content (AvgIpc) is 2.84. The number of allylic oxidation sites excluding steroid dienone is 1. The molecule has 0 heterocycles. The lowest BCUT2D eigenvalue weighted by atomic mass is 9.99. The van der Waals surface area contributed by atoms with Gasteiger partial charge in [-0.2, -0.15) is 0 Å². The Kier molecular flexibility index (Phi) is 11.5. The van der Waals surface area contributed by atoms with Crippen molar-refractivity contribution in [2.24, 2.45) is 0 Å². The smallest absolute Gasteiger partial charge is 0.412 e. The average molecular weight is 459 g/mol. The summed E-state index contributed by atoms with van der Waals surface area (Å²) >= 11 is 0. The van der Waals surface area contributed by atoms with Crippen molar-refractivity contribution >= 4 is 17.7 Å². The van der Waals surface area contributed by atoms with Gasteiger partial charge in [0.25, 0.3) is 5.91 Å². The lowest BCUT2D eigenvalue weighted by Gasteiger charge is -2.28. The van der Waals surface area contributed by atoms with Gasteiger partial charge in [0.15, 0.2) is 6.10 Å². The summed E-state index contributed by atoms with van der Waals surface area (Å²) in [6.45, 7) is 2.11. The Labute approximate surface area is 192 Å². The second kappa shape index (κ2) is 14.6. The molecule has 0 radical (unpaired) electrons. The predicted molar refractivity (Wildman–Crippen MR) is 122 cm³/mol. The molecule has 178 valence electrons. The molecule has 0 saturated heterocycles. The van der Waals surface area contributed by atoms with E-state index in [1.54, 1.807) is 54.6 Å². The van der Waals surface area contributed by atoms with Crippen molar-refractivity contribution in [2.75, 3.05) is 25.1 Å². The number of carbonyl (C=O) groups is 2. The van der Waals surface area contributed by atoms with Crippen LogP contribution in [0.2, 0.25) is 0 Å². The molecule has 2 rings (SSSR count). The molecule has 2 aromatic carbocycles. The van der Waals surface area contributed by atoms with Gasteiger partial charge >= 0.3 is 6.09 Å². The van der Waals surface area contributed by atoms with Crippen molar-refractivity contribution < 1.29 is 34.1 Å². The van der Waals surface area contributed by atoms with Gasteiger partial charge in [0.2, 0.25) is 0 Å². The molecule has 0 spiro atoms. The van der Waals surface area contributed by atoms with Gasteiger partial charge in [0.1, 0.15) is 12.4 Å². The molecule has 0 aliphatic rings. The second-order valence-corrected chi connectivity index (χ2v) is 6.88. The molecule has 0 fully saturated rings. The Hall–Kier alpha value is -3.40. The van der Waals surface area contributed by atoms with E-state index in [2.05, 4.69) is 5.32 Å². The van der Waals surface area contributed by atoms with Crippen molar-refractivity contribution in [3.05, 3.63) is 72.3 Å². The van der Waals surface area contributed by atoms with Crippen LogP contribution in [0.1, 0.15) is 31.4 Å². The number of amides is 2. The van der Waals surface area contributed by atoms with E-state index in [0.717, 1.165) is 0 Å². The van der Waals surface area contributed by atoms with Gasteiger partial charge in [-0.05, 0) is 38.0 Å². The lowest BCUT2D eigenvalue weighted by Crippen LogP contribution is -2.29. The minimum Gasteiger partial charge on any atom is -0.491 e. The summed E-state index contributed by atoms with van der Waals surface area (Å²) in [7, 11) is 0. The van der Waals surface area contributed by atoms with E-state index in [1.165, 1.54) is 11.6 Å². The van der Waals surface area contributed by atoms with E-state index in [1.807, 2.05) is 13.0 Å². The van der Waals surface area contributed by atoms with E-state index in [9.17, 15) is 9.59 Å². The van der Waals surface area contributed by atoms with E-state index in [4.69, 9.17) is 24.5 Å². The maximum atomic E-state index is 12.7. The molecule has 0 aromatic heterocycles. The Balaban J connectivity index is 2.28. The summed E-state index contributed by atoms with van der Waals surface area (Å²) in [5.41, 5.74) is 2.70. The van der Waals surface area contributed by atoms with E-state index in [-0.39, 0.29) is 13.2 Å². The first-order chi connectivity index (χ1) is 16.1. The number of para-hydroxylation sites is 2. The standard InChI is InChI=1S/C24H30N2O7/c1-2-31-21(14-8-9-15-22(28)26-30)23(19-12-6-7-13-20(19)32-17-16-27)33-24(29)25-18-10-4-3-5-11-18/h3-7,9-13,15,21,23,27,30H,2,8,14,16-17H2,1H3,(H,25,29)(H,26,28)/b15-9+/t21-,23-/m1/s1. The predicted octanol–water partition coefficient (Wildman–Crippen LogP) is 3.59. The van der Waals surface area contributed by atoms with Crippen molar-refractivity contribution in [3.63, 3.8) is 0 Å². The van der Waals surface area contributed by atoms with Gasteiger partial charge in [0, 0.05) is 23.9 Å². The van der Waals surface area contributed by atoms with Crippen LogP contribution in [0.15, 0.2) is 66.7 Å². The number of hydrogen-bond donors (Lipinski definition) is 4. The zero-order valence-corrected chi connectivity index (χ0v) is 18.5. The molecule has 2 amide bonds. The summed E-state index contributed by atoms with van der Waals surface area (Å²) in [6.07, 6.45) is 1.59. The van der Waals surface area contributed by atoms with Gasteiger partial charge < -0.3 is 19.3 Å². The summed E-state index contributed by atoms with van der Waals surface area (Å²) in [6, 6.07) is 16.0. The summed E-state index contributed by atoms with van der Waals surface area (Å²) in [5, 5.41) is 20.5. The molecule has 2 atom stereocenters. The first-order valence-electron chi connectivity index (χ1n) is 10.7. The zero-order chi connectivity index (χ0) is 23.9. The maximum absolute atomic E-state index is 12.7. The normalized spacial score (nSPS) is 12.7. The third-order valence-electron chi connectivity index (χ3n) is 4.54. The Morgan fingerprint density at radius 3 is 2.52 bits per heavy atom. The van der Waals surface area contributed by atoms with Gasteiger partial charge in [-0.3, -0.25) is 15.3 Å². The fourth-order valence-electron chi connectivity index (χ4n) is 3.15. The van der Waals surface area contributed by atoms with Crippen molar-refractivity contribution in [3.8, 4) is 5.75 Å². The fraction of sp³-hybridized carbons (Fsp3) is 0.333. The van der Waals surface area contributed by atoms with Crippen molar-refractivity contribution in [2.45, 2.75) is 32.0 Å². The van der Waals surface area contributed by atoms with E-state index >= 15 is 0 Å². The molecule has 33 heavy (non-hydrogen) atoms. The number of nitrogens with one attached hydrogen (secondary N) is 2. The number of benzene rings is 2. The number of ether oxygens (including phenoxy) is 3. The number of anilines is 1. The molecule has 0 bridgehead atoms. The van der Waals surface area contributed by atoms with E-state index < -0.39 is 24.2 Å². The Bertz CT molecular complexity index is 889. The van der Waals surface area contributed by atoms with Crippen LogP contribution in [0.4, 0.5) is 10.5 Å². The van der Waals surface area contributed by atoms with Crippen molar-refractivity contribution in [1.29, 1.82) is 0 Å². The number of hydrogen-bond acceptors (Lipinski definition) is 7. The molecule has 4 N–H and O–H groups in total. The third-order valence-corrected chi connectivity index (χ3v) is 4.54. The molecular formula is C24H30N2O7. The quantitative estimate of drug-likeness (QED) is 0.205. The zero-order valence-electron chi connectivity index (χ0n) is 18.5. The molecule has 0 aliphatic carbocycles. The summed E-state index contributed by atoms with van der Waals surface area (Å²) < 4.78 is 17.4. The number of rotatable bonds is 13. The molecule has 9 nitrogen and oxygen atoms in total. The topological polar surface area (TPSA) is 126 Å². The third kappa shape index (κ3) is 8.93. The highest BCUT2D eigenvalue weighted by Crippen LogP contribution is 2.34. The highest BCUT2D eigenvalue weighted by molar-refractivity contribution is 5.86. The van der Waals surface area contributed by atoms with Crippen molar-refractivity contribution in [1.82, 2.24) is 5.48 Å². The lowest BCUT2D eigenvalue weighted by molar-refractivity contribution is -0.124. The molecule has 2 aromatic rings. The molecular weight excluding hydrogens is 428 g/mol. The first kappa shape index (κ1) is 25.9. The first-order valence-corrected chi connectivity index (χ1v) is 10.7. The van der Waals surface area contributed by atoms with Gasteiger partial charge in [-0.1, -0.05) is 42.5 Å². The molecule has 0 aliphatic heterocycles. The molecule has 9 heteroatoms. The number of hydroxylamine groups is 1. The largest absolute Gasteiger partial charge is 0.491 e.